The van der Waals surface area contributed by atoms with E-state index in [9.17, 15) is 0 Å². The second kappa shape index (κ2) is 4.47. The van der Waals surface area contributed by atoms with Gasteiger partial charge in [0.1, 0.15) is 0 Å². The average Bonchev–Trinajstić information content (AvgIpc) is 1.84. The normalized spacial score (nSPS) is 12.0. The Balaban J connectivity index is 3.33. The Kier molecular flexibility index (Phi) is 4.80. The molecule has 0 atom stereocenters. The van der Waals surface area contributed by atoms with Crippen LogP contribution in [0.2, 0.25) is 0 Å². The molecule has 0 rings (SSSR count). The molecule has 0 aliphatic rings. The third kappa shape index (κ3) is 5.12. The molecule has 0 heterocycles. The number of unbranched alkanes of at least 4 members (excludes halogenated alkanes) is 1. The fourth-order valence-electron chi connectivity index (χ4n) is 0.509. The van der Waals surface area contributed by atoms with Gasteiger partial charge in [-0.25, -0.2) is 0 Å². The highest BCUT2D eigenvalue weighted by Gasteiger charge is 2.16. The number of methoxy groups -OCH3 is 1. The van der Waals surface area contributed by atoms with Gasteiger partial charge in [-0.15, -0.1) is 25.3 Å². The van der Waals surface area contributed by atoms with Gasteiger partial charge in [0.25, 0.3) is 0 Å². The van der Waals surface area contributed by atoms with Gasteiger partial charge in [-0.05, 0) is 12.8 Å². The van der Waals surface area contributed by atoms with Gasteiger partial charge in [-0.2, -0.15) is 0 Å². The Morgan fingerprint density at radius 3 is 2.33 bits per heavy atom. The molecule has 0 saturated heterocycles. The van der Waals surface area contributed by atoms with Crippen molar-refractivity contribution in [3.63, 3.8) is 0 Å². The van der Waals surface area contributed by atoms with Crippen LogP contribution in [0.15, 0.2) is 0 Å². The molecule has 0 aliphatic carbocycles. The Morgan fingerprint density at radius 1 is 1.44 bits per heavy atom. The van der Waals surface area contributed by atoms with E-state index in [0.29, 0.717) is 0 Å². The molecule has 0 spiro atoms. The Hall–Kier alpha value is 0.660. The van der Waals surface area contributed by atoms with E-state index in [1.807, 2.05) is 0 Å². The average molecular weight is 166 g/mol. The maximum atomic E-state index is 4.97. The predicted octanol–water partition coefficient (Wildman–Crippen LogP) is 2.34. The highest BCUT2D eigenvalue weighted by atomic mass is 32.2. The van der Waals surface area contributed by atoms with Gasteiger partial charge in [-0.1, -0.05) is 13.3 Å². The van der Waals surface area contributed by atoms with Crippen LogP contribution in [-0.4, -0.2) is 11.4 Å². The third-order valence-electron chi connectivity index (χ3n) is 1.18. The zero-order valence-corrected chi connectivity index (χ0v) is 7.71. The molecule has 3 heteroatoms. The topological polar surface area (TPSA) is 9.23 Å². The quantitative estimate of drug-likeness (QED) is 0.481. The monoisotopic (exact) mass is 166 g/mol. The molecule has 0 amide bonds. The molecule has 0 bridgehead atoms. The number of rotatable bonds is 4. The van der Waals surface area contributed by atoms with Crippen LogP contribution in [0.4, 0.5) is 0 Å². The maximum Gasteiger partial charge on any atom is 0.154 e. The highest BCUT2D eigenvalue weighted by molar-refractivity contribution is 8.00. The fourth-order valence-corrected chi connectivity index (χ4v) is 0.825. The van der Waals surface area contributed by atoms with E-state index in [-0.39, 0.29) is 0 Å². The van der Waals surface area contributed by atoms with Crippen LogP contribution in [0, 0.1) is 0 Å². The summed E-state index contributed by atoms with van der Waals surface area (Å²) in [6, 6.07) is 0. The van der Waals surface area contributed by atoms with E-state index in [2.05, 4.69) is 32.2 Å². The number of thiol groups is 2. The fraction of sp³-hybridized carbons (Fsp3) is 1.00. The molecule has 0 saturated carbocycles. The molecule has 0 aliphatic heterocycles. The van der Waals surface area contributed by atoms with Crippen molar-refractivity contribution in [1.82, 2.24) is 0 Å². The minimum atomic E-state index is -0.518. The van der Waals surface area contributed by atoms with Crippen LogP contribution < -0.4 is 0 Å². The van der Waals surface area contributed by atoms with E-state index in [1.165, 1.54) is 0 Å². The van der Waals surface area contributed by atoms with Crippen LogP contribution in [0.25, 0.3) is 0 Å². The number of hydrogen-bond acceptors (Lipinski definition) is 3. The summed E-state index contributed by atoms with van der Waals surface area (Å²) < 4.78 is 4.45. The van der Waals surface area contributed by atoms with E-state index in [4.69, 9.17) is 4.74 Å². The minimum absolute atomic E-state index is 0.518. The summed E-state index contributed by atoms with van der Waals surface area (Å²) in [5.74, 6) is 0. The van der Waals surface area contributed by atoms with Crippen molar-refractivity contribution in [3.8, 4) is 0 Å². The first-order valence-corrected chi connectivity index (χ1v) is 4.01. The largest absolute Gasteiger partial charge is 0.359 e. The summed E-state index contributed by atoms with van der Waals surface area (Å²) in [5.41, 5.74) is 0. The molecule has 0 radical (unpaired) electrons. The van der Waals surface area contributed by atoms with E-state index >= 15 is 0 Å². The van der Waals surface area contributed by atoms with Crippen LogP contribution in [0.1, 0.15) is 26.2 Å². The van der Waals surface area contributed by atoms with Crippen molar-refractivity contribution in [2.24, 2.45) is 0 Å². The molecule has 1 nitrogen and oxygen atoms in total. The van der Waals surface area contributed by atoms with Crippen LogP contribution in [0.3, 0.4) is 0 Å². The predicted molar refractivity (Wildman–Crippen MR) is 47.2 cm³/mol. The maximum absolute atomic E-state index is 4.97. The summed E-state index contributed by atoms with van der Waals surface area (Å²) in [6.07, 6.45) is 3.17. The smallest absolute Gasteiger partial charge is 0.154 e. The SMILES string of the molecule is CCCCC(S)(S)OC. The van der Waals surface area contributed by atoms with Crippen molar-refractivity contribution >= 4 is 25.3 Å². The summed E-state index contributed by atoms with van der Waals surface area (Å²) >= 11 is 8.33. The molecular weight excluding hydrogens is 152 g/mol. The van der Waals surface area contributed by atoms with Crippen LogP contribution in [0.5, 0.6) is 0 Å². The molecule has 0 aromatic rings. The molecule has 0 aromatic heterocycles. The minimum Gasteiger partial charge on any atom is -0.359 e. The van der Waals surface area contributed by atoms with Gasteiger partial charge in [0.2, 0.25) is 0 Å². The zero-order valence-electron chi connectivity index (χ0n) is 5.92. The number of ether oxygens (including phenoxy) is 1. The van der Waals surface area contributed by atoms with E-state index < -0.39 is 4.27 Å². The lowest BCUT2D eigenvalue weighted by Gasteiger charge is -2.19. The second-order valence-corrected chi connectivity index (χ2v) is 3.85. The van der Waals surface area contributed by atoms with Crippen molar-refractivity contribution in [3.05, 3.63) is 0 Å². The Morgan fingerprint density at radius 2 is 2.00 bits per heavy atom. The summed E-state index contributed by atoms with van der Waals surface area (Å²) in [4.78, 5) is 0. The molecule has 0 fully saturated rings. The Bertz CT molecular complexity index is 73.5. The summed E-state index contributed by atoms with van der Waals surface area (Å²) in [7, 11) is 1.62. The highest BCUT2D eigenvalue weighted by Crippen LogP contribution is 2.26. The first-order chi connectivity index (χ1) is 4.12. The molecule has 0 unspecified atom stereocenters. The molecule has 0 aromatic carbocycles. The summed E-state index contributed by atoms with van der Waals surface area (Å²) in [5, 5.41) is 0. The van der Waals surface area contributed by atoms with Gasteiger partial charge >= 0.3 is 0 Å². The van der Waals surface area contributed by atoms with Gasteiger partial charge in [0, 0.05) is 7.11 Å². The lowest BCUT2D eigenvalue weighted by Crippen LogP contribution is -2.14. The summed E-state index contributed by atoms with van der Waals surface area (Å²) in [6.45, 7) is 2.13. The molecule has 56 valence electrons. The lowest BCUT2D eigenvalue weighted by atomic mass is 10.3. The van der Waals surface area contributed by atoms with Crippen molar-refractivity contribution < 1.29 is 4.74 Å². The van der Waals surface area contributed by atoms with Crippen molar-refractivity contribution in [2.45, 2.75) is 30.5 Å². The van der Waals surface area contributed by atoms with Crippen molar-refractivity contribution in [1.29, 1.82) is 0 Å². The van der Waals surface area contributed by atoms with Gasteiger partial charge in [-0.3, -0.25) is 0 Å². The zero-order chi connectivity index (χ0) is 7.33. The van der Waals surface area contributed by atoms with E-state index in [1.54, 1.807) is 7.11 Å². The lowest BCUT2D eigenvalue weighted by molar-refractivity contribution is 0.140. The van der Waals surface area contributed by atoms with Crippen LogP contribution in [-0.2, 0) is 4.74 Å². The standard InChI is InChI=1S/C6H14OS2/c1-3-4-5-6(8,9)7-2/h8-9H,3-5H2,1-2H3. The van der Waals surface area contributed by atoms with Gasteiger partial charge in [0.05, 0.1) is 0 Å². The second-order valence-electron chi connectivity index (χ2n) is 2.05. The van der Waals surface area contributed by atoms with Crippen molar-refractivity contribution in [2.75, 3.05) is 7.11 Å². The molecule has 9 heavy (non-hydrogen) atoms. The van der Waals surface area contributed by atoms with Crippen LogP contribution >= 0.6 is 25.3 Å². The van der Waals surface area contributed by atoms with E-state index in [0.717, 1.165) is 19.3 Å². The third-order valence-corrected chi connectivity index (χ3v) is 2.00. The first kappa shape index (κ1) is 9.66. The molecular formula is C6H14OS2. The number of hydrogen-bond donors (Lipinski definition) is 2. The van der Waals surface area contributed by atoms with Gasteiger partial charge < -0.3 is 4.74 Å². The molecule has 0 N–H and O–H groups in total. The Labute approximate surface area is 68.0 Å². The van der Waals surface area contributed by atoms with Gasteiger partial charge in [0.15, 0.2) is 4.27 Å². The first-order valence-electron chi connectivity index (χ1n) is 3.12.